The van der Waals surface area contributed by atoms with Crippen LogP contribution in [0.1, 0.15) is 31.5 Å². The molecule has 0 bridgehead atoms. The summed E-state index contributed by atoms with van der Waals surface area (Å²) >= 11 is 0. The van der Waals surface area contributed by atoms with E-state index in [-0.39, 0.29) is 11.9 Å². The molecule has 0 radical (unpaired) electrons. The molecule has 170 valence electrons. The Morgan fingerprint density at radius 3 is 2.50 bits per heavy atom. The van der Waals surface area contributed by atoms with Crippen molar-refractivity contribution in [2.45, 2.75) is 33.2 Å². The van der Waals surface area contributed by atoms with Gasteiger partial charge < -0.3 is 25.2 Å². The Labute approximate surface area is 188 Å². The Kier molecular flexibility index (Phi) is 6.84. The van der Waals surface area contributed by atoms with Crippen molar-refractivity contribution in [3.63, 3.8) is 0 Å². The standard InChI is InChI=1S/C23H30N6O3/c1-3-20(30)29-10-9-18-19(15-29)26-21(27-22(18)28-11-13-32-14-12-28)16-5-7-17(8-6-16)25-23(31)24-4-2/h5-8H,3-4,9-15H2,1-2H3,(H2,24,25,31). The van der Waals surface area contributed by atoms with Gasteiger partial charge in [-0.05, 0) is 37.6 Å². The molecular weight excluding hydrogens is 408 g/mol. The second-order valence-corrected chi connectivity index (χ2v) is 7.88. The smallest absolute Gasteiger partial charge is 0.319 e. The molecule has 1 saturated heterocycles. The van der Waals surface area contributed by atoms with E-state index in [9.17, 15) is 9.59 Å². The van der Waals surface area contributed by atoms with Crippen LogP contribution in [0.4, 0.5) is 16.3 Å². The van der Waals surface area contributed by atoms with Gasteiger partial charge in [0.05, 0.1) is 25.5 Å². The maximum Gasteiger partial charge on any atom is 0.319 e. The number of amides is 3. The number of urea groups is 1. The number of carbonyl (C=O) groups excluding carboxylic acids is 2. The minimum atomic E-state index is -0.236. The van der Waals surface area contributed by atoms with Crippen molar-refractivity contribution in [2.24, 2.45) is 0 Å². The Hall–Kier alpha value is -3.20. The summed E-state index contributed by atoms with van der Waals surface area (Å²) in [7, 11) is 0. The molecule has 3 heterocycles. The molecule has 2 aliphatic heterocycles. The van der Waals surface area contributed by atoms with Gasteiger partial charge in [-0.1, -0.05) is 6.92 Å². The first kappa shape index (κ1) is 22.0. The molecule has 1 fully saturated rings. The van der Waals surface area contributed by atoms with Crippen LogP contribution in [0.15, 0.2) is 24.3 Å². The molecule has 2 N–H and O–H groups in total. The molecule has 4 rings (SSSR count). The summed E-state index contributed by atoms with van der Waals surface area (Å²) < 4.78 is 5.53. The summed E-state index contributed by atoms with van der Waals surface area (Å²) in [6.07, 6.45) is 1.24. The number of aromatic nitrogens is 2. The van der Waals surface area contributed by atoms with E-state index in [2.05, 4.69) is 15.5 Å². The van der Waals surface area contributed by atoms with Crippen LogP contribution in [0, 0.1) is 0 Å². The fourth-order valence-corrected chi connectivity index (χ4v) is 4.05. The molecule has 1 aromatic carbocycles. The van der Waals surface area contributed by atoms with Gasteiger partial charge in [-0.2, -0.15) is 0 Å². The number of hydrogen-bond donors (Lipinski definition) is 2. The second-order valence-electron chi connectivity index (χ2n) is 7.88. The molecule has 0 aliphatic carbocycles. The van der Waals surface area contributed by atoms with E-state index >= 15 is 0 Å². The average Bonchev–Trinajstić information content (AvgIpc) is 2.83. The fraction of sp³-hybridized carbons (Fsp3) is 0.478. The van der Waals surface area contributed by atoms with E-state index in [1.165, 1.54) is 0 Å². The largest absolute Gasteiger partial charge is 0.378 e. The van der Waals surface area contributed by atoms with Crippen LogP contribution in [-0.4, -0.2) is 66.2 Å². The highest BCUT2D eigenvalue weighted by Crippen LogP contribution is 2.30. The van der Waals surface area contributed by atoms with E-state index in [1.807, 2.05) is 43.0 Å². The number of rotatable bonds is 5. The van der Waals surface area contributed by atoms with Gasteiger partial charge in [-0.25, -0.2) is 14.8 Å². The zero-order valence-corrected chi connectivity index (χ0v) is 18.7. The molecule has 2 aromatic rings. The predicted molar refractivity (Wildman–Crippen MR) is 123 cm³/mol. The van der Waals surface area contributed by atoms with E-state index in [0.717, 1.165) is 42.1 Å². The van der Waals surface area contributed by atoms with Gasteiger partial charge in [-0.15, -0.1) is 0 Å². The van der Waals surface area contributed by atoms with Gasteiger partial charge in [0.15, 0.2) is 5.82 Å². The van der Waals surface area contributed by atoms with Crippen molar-refractivity contribution in [3.05, 3.63) is 35.5 Å². The molecule has 0 atom stereocenters. The number of fused-ring (bicyclic) bond motifs is 1. The molecule has 0 spiro atoms. The number of benzene rings is 1. The maximum atomic E-state index is 12.3. The molecule has 0 unspecified atom stereocenters. The lowest BCUT2D eigenvalue weighted by atomic mass is 10.0. The number of nitrogens with zero attached hydrogens (tertiary/aromatic N) is 4. The number of anilines is 2. The van der Waals surface area contributed by atoms with Crippen molar-refractivity contribution in [1.82, 2.24) is 20.2 Å². The van der Waals surface area contributed by atoms with Gasteiger partial charge in [0.2, 0.25) is 5.91 Å². The third-order valence-corrected chi connectivity index (χ3v) is 5.75. The van der Waals surface area contributed by atoms with Gasteiger partial charge >= 0.3 is 6.03 Å². The molecule has 0 saturated carbocycles. The SMILES string of the molecule is CCNC(=O)Nc1ccc(-c2nc3c(c(N4CCOCC4)n2)CCN(C(=O)CC)C3)cc1. The van der Waals surface area contributed by atoms with Crippen molar-refractivity contribution in [1.29, 1.82) is 0 Å². The summed E-state index contributed by atoms with van der Waals surface area (Å²) in [5, 5.41) is 5.52. The van der Waals surface area contributed by atoms with E-state index in [0.29, 0.717) is 50.8 Å². The summed E-state index contributed by atoms with van der Waals surface area (Å²) in [4.78, 5) is 38.0. The van der Waals surface area contributed by atoms with Crippen LogP contribution in [-0.2, 0) is 22.5 Å². The third-order valence-electron chi connectivity index (χ3n) is 5.75. The van der Waals surface area contributed by atoms with Crippen molar-refractivity contribution in [2.75, 3.05) is 49.6 Å². The van der Waals surface area contributed by atoms with Crippen molar-refractivity contribution >= 4 is 23.4 Å². The number of hydrogen-bond acceptors (Lipinski definition) is 6. The molecule has 1 aromatic heterocycles. The van der Waals surface area contributed by atoms with Crippen molar-refractivity contribution < 1.29 is 14.3 Å². The molecule has 3 amide bonds. The molecule has 9 heteroatoms. The lowest BCUT2D eigenvalue weighted by molar-refractivity contribution is -0.131. The summed E-state index contributed by atoms with van der Waals surface area (Å²) in [5.41, 5.74) is 3.60. The molecular formula is C23H30N6O3. The molecule has 32 heavy (non-hydrogen) atoms. The third kappa shape index (κ3) is 4.83. The van der Waals surface area contributed by atoms with Gasteiger partial charge in [0.25, 0.3) is 0 Å². The number of ether oxygens (including phenoxy) is 1. The van der Waals surface area contributed by atoms with E-state index in [1.54, 1.807) is 0 Å². The Balaban J connectivity index is 1.66. The fourth-order valence-electron chi connectivity index (χ4n) is 4.05. The zero-order chi connectivity index (χ0) is 22.5. The summed E-state index contributed by atoms with van der Waals surface area (Å²) in [5.74, 6) is 1.71. The van der Waals surface area contributed by atoms with Gasteiger partial charge in [0.1, 0.15) is 5.82 Å². The van der Waals surface area contributed by atoms with Gasteiger partial charge in [-0.3, -0.25) is 4.79 Å². The van der Waals surface area contributed by atoms with Gasteiger partial charge in [0, 0.05) is 49.4 Å². The normalized spacial score (nSPS) is 15.8. The van der Waals surface area contributed by atoms with Crippen molar-refractivity contribution in [3.8, 4) is 11.4 Å². The topological polar surface area (TPSA) is 99.7 Å². The highest BCUT2D eigenvalue weighted by molar-refractivity contribution is 5.89. The monoisotopic (exact) mass is 438 g/mol. The number of carbonyl (C=O) groups is 2. The quantitative estimate of drug-likeness (QED) is 0.744. The van der Waals surface area contributed by atoms with Crippen LogP contribution < -0.4 is 15.5 Å². The molecule has 9 nitrogen and oxygen atoms in total. The predicted octanol–water partition coefficient (Wildman–Crippen LogP) is 2.42. The Morgan fingerprint density at radius 2 is 1.81 bits per heavy atom. The minimum absolute atomic E-state index is 0.143. The highest BCUT2D eigenvalue weighted by atomic mass is 16.5. The maximum absolute atomic E-state index is 12.3. The summed E-state index contributed by atoms with van der Waals surface area (Å²) in [6.45, 7) is 8.45. The first-order chi connectivity index (χ1) is 15.6. The second kappa shape index (κ2) is 9.95. The first-order valence-electron chi connectivity index (χ1n) is 11.2. The van der Waals surface area contributed by atoms with Crippen LogP contribution in [0.3, 0.4) is 0 Å². The van der Waals surface area contributed by atoms with Crippen LogP contribution in [0.2, 0.25) is 0 Å². The van der Waals surface area contributed by atoms with Crippen LogP contribution >= 0.6 is 0 Å². The Morgan fingerprint density at radius 1 is 1.06 bits per heavy atom. The first-order valence-corrected chi connectivity index (χ1v) is 11.2. The zero-order valence-electron chi connectivity index (χ0n) is 18.7. The summed E-state index contributed by atoms with van der Waals surface area (Å²) in [6, 6.07) is 7.26. The molecule has 2 aliphatic rings. The number of morpholine rings is 1. The van der Waals surface area contributed by atoms with E-state index in [4.69, 9.17) is 14.7 Å². The number of nitrogens with one attached hydrogen (secondary N) is 2. The van der Waals surface area contributed by atoms with Crippen LogP contribution in [0.5, 0.6) is 0 Å². The Bertz CT molecular complexity index is 972. The minimum Gasteiger partial charge on any atom is -0.378 e. The highest BCUT2D eigenvalue weighted by Gasteiger charge is 2.27. The van der Waals surface area contributed by atoms with E-state index < -0.39 is 0 Å². The lowest BCUT2D eigenvalue weighted by Gasteiger charge is -2.34. The van der Waals surface area contributed by atoms with Crippen LogP contribution in [0.25, 0.3) is 11.4 Å². The average molecular weight is 439 g/mol. The lowest BCUT2D eigenvalue weighted by Crippen LogP contribution is -2.40.